The maximum Gasteiger partial charge on any atom is 0.275 e. The van der Waals surface area contributed by atoms with Gasteiger partial charge < -0.3 is 14.2 Å². The monoisotopic (exact) mass is 500 g/mol. The quantitative estimate of drug-likeness (QED) is 0.206. The van der Waals surface area contributed by atoms with Gasteiger partial charge in [-0.3, -0.25) is 4.79 Å². The summed E-state index contributed by atoms with van der Waals surface area (Å²) in [5.74, 6) is 1.26. The van der Waals surface area contributed by atoms with E-state index < -0.39 is 0 Å². The normalized spacial score (nSPS) is 10.7. The van der Waals surface area contributed by atoms with Crippen molar-refractivity contribution >= 4 is 23.7 Å². The minimum Gasteiger partial charge on any atom is -0.493 e. The lowest BCUT2D eigenvalue weighted by Gasteiger charge is -2.11. The van der Waals surface area contributed by atoms with Gasteiger partial charge in [0.05, 0.1) is 18.9 Å². The third-order valence-corrected chi connectivity index (χ3v) is 5.50. The molecule has 0 atom stereocenters. The highest BCUT2D eigenvalue weighted by Gasteiger charge is 2.12. The summed E-state index contributed by atoms with van der Waals surface area (Å²) in [6, 6.07) is 29.7. The van der Waals surface area contributed by atoms with Crippen molar-refractivity contribution in [1.29, 1.82) is 0 Å². The van der Waals surface area contributed by atoms with Crippen molar-refractivity contribution in [2.75, 3.05) is 7.11 Å². The summed E-state index contributed by atoms with van der Waals surface area (Å²) in [4.78, 5) is 12.7. The Bertz CT molecular complexity index is 1320. The zero-order valence-electron chi connectivity index (χ0n) is 19.7. The molecule has 0 fully saturated rings. The van der Waals surface area contributed by atoms with Crippen LogP contribution in [0.25, 0.3) is 0 Å². The lowest BCUT2D eigenvalue weighted by atomic mass is 10.2. The number of nitrogens with zero attached hydrogens (tertiary/aromatic N) is 1. The van der Waals surface area contributed by atoms with Gasteiger partial charge in [0, 0.05) is 5.02 Å². The summed E-state index contributed by atoms with van der Waals surface area (Å²) in [6.07, 6.45) is 1.54. The van der Waals surface area contributed by atoms with Crippen molar-refractivity contribution in [3.63, 3.8) is 0 Å². The van der Waals surface area contributed by atoms with E-state index in [0.717, 1.165) is 16.7 Å². The van der Waals surface area contributed by atoms with E-state index >= 15 is 0 Å². The highest BCUT2D eigenvalue weighted by atomic mass is 35.5. The Morgan fingerprint density at radius 3 is 2.22 bits per heavy atom. The fraction of sp³-hybridized carbons (Fsp3) is 0.103. The van der Waals surface area contributed by atoms with Gasteiger partial charge >= 0.3 is 0 Å². The molecular weight excluding hydrogens is 476 g/mol. The third-order valence-electron chi connectivity index (χ3n) is 5.24. The average Bonchev–Trinajstić information content (AvgIpc) is 2.92. The number of benzene rings is 4. The fourth-order valence-electron chi connectivity index (χ4n) is 3.37. The highest BCUT2D eigenvalue weighted by molar-refractivity contribution is 6.30. The summed E-state index contributed by atoms with van der Waals surface area (Å²) in [6.45, 7) is 0.739. The Kier molecular flexibility index (Phi) is 8.57. The van der Waals surface area contributed by atoms with Crippen LogP contribution in [0.2, 0.25) is 5.02 Å². The first-order valence-corrected chi connectivity index (χ1v) is 11.6. The van der Waals surface area contributed by atoms with Crippen LogP contribution in [0.1, 0.15) is 27.0 Å². The number of amides is 1. The molecule has 0 saturated carbocycles. The predicted octanol–water partition coefficient (Wildman–Crippen LogP) is 6.27. The Balaban J connectivity index is 1.36. The topological polar surface area (TPSA) is 69.2 Å². The number of rotatable bonds is 10. The minimum absolute atomic E-state index is 0.362. The van der Waals surface area contributed by atoms with Crippen molar-refractivity contribution in [1.82, 2.24) is 5.43 Å². The molecule has 4 rings (SSSR count). The number of halogens is 1. The van der Waals surface area contributed by atoms with Gasteiger partial charge in [-0.05, 0) is 59.2 Å². The number of hydrogen-bond donors (Lipinski definition) is 1. The SMILES string of the molecule is COc1cc(C=NNC(=O)c2ccccc2OCc2ccccc2)ccc1OCc1ccc(Cl)cc1. The number of nitrogens with one attached hydrogen (secondary N) is 1. The smallest absolute Gasteiger partial charge is 0.275 e. The van der Waals surface area contributed by atoms with E-state index in [4.69, 9.17) is 25.8 Å². The van der Waals surface area contributed by atoms with E-state index in [2.05, 4.69) is 10.5 Å². The first-order chi connectivity index (χ1) is 17.6. The highest BCUT2D eigenvalue weighted by Crippen LogP contribution is 2.28. The molecule has 0 spiro atoms. The first-order valence-electron chi connectivity index (χ1n) is 11.3. The first kappa shape index (κ1) is 24.8. The fourth-order valence-corrected chi connectivity index (χ4v) is 3.49. The molecule has 0 bridgehead atoms. The summed E-state index contributed by atoms with van der Waals surface area (Å²) in [7, 11) is 1.57. The lowest BCUT2D eigenvalue weighted by molar-refractivity contribution is 0.0950. The number of carbonyl (C=O) groups is 1. The number of methoxy groups -OCH3 is 1. The lowest BCUT2D eigenvalue weighted by Crippen LogP contribution is -2.18. The molecule has 0 aliphatic carbocycles. The predicted molar refractivity (Wildman–Crippen MR) is 141 cm³/mol. The maximum atomic E-state index is 12.7. The Hall–Kier alpha value is -4.29. The number of para-hydroxylation sites is 1. The average molecular weight is 501 g/mol. The molecule has 4 aromatic rings. The molecule has 0 aliphatic heterocycles. The van der Waals surface area contributed by atoms with Crippen LogP contribution in [-0.4, -0.2) is 19.2 Å². The Morgan fingerprint density at radius 2 is 1.47 bits per heavy atom. The largest absolute Gasteiger partial charge is 0.493 e. The van der Waals surface area contributed by atoms with Crippen LogP contribution in [-0.2, 0) is 13.2 Å². The maximum absolute atomic E-state index is 12.7. The van der Waals surface area contributed by atoms with E-state index in [1.54, 1.807) is 37.4 Å². The van der Waals surface area contributed by atoms with Crippen LogP contribution in [0.15, 0.2) is 102 Å². The minimum atomic E-state index is -0.371. The second kappa shape index (κ2) is 12.4. The van der Waals surface area contributed by atoms with Gasteiger partial charge in [0.15, 0.2) is 11.5 Å². The van der Waals surface area contributed by atoms with Crippen LogP contribution in [0.5, 0.6) is 17.2 Å². The number of ether oxygens (including phenoxy) is 3. The molecule has 0 radical (unpaired) electrons. The molecule has 0 unspecified atom stereocenters. The molecule has 182 valence electrons. The summed E-state index contributed by atoms with van der Waals surface area (Å²) < 4.78 is 17.2. The number of hydrazone groups is 1. The van der Waals surface area contributed by atoms with Crippen molar-refractivity contribution in [3.8, 4) is 17.2 Å². The second-order valence-electron chi connectivity index (χ2n) is 7.79. The van der Waals surface area contributed by atoms with E-state index in [-0.39, 0.29) is 5.91 Å². The Labute approximate surface area is 215 Å². The standard InChI is InChI=1S/C29H25ClN2O4/c1-34-28-17-23(13-16-27(28)36-20-22-11-14-24(30)15-12-22)18-31-32-29(33)25-9-5-6-10-26(25)35-19-21-7-3-2-4-8-21/h2-18H,19-20H2,1H3,(H,32,33). The van der Waals surface area contributed by atoms with Crippen LogP contribution >= 0.6 is 11.6 Å². The second-order valence-corrected chi connectivity index (χ2v) is 8.23. The molecule has 0 aromatic heterocycles. The molecule has 4 aromatic carbocycles. The molecule has 1 amide bonds. The molecule has 36 heavy (non-hydrogen) atoms. The third kappa shape index (κ3) is 6.87. The molecule has 0 aliphatic rings. The van der Waals surface area contributed by atoms with Gasteiger partial charge in [0.25, 0.3) is 5.91 Å². The summed E-state index contributed by atoms with van der Waals surface area (Å²) in [5, 5.41) is 4.77. The van der Waals surface area contributed by atoms with Crippen molar-refractivity contribution in [2.24, 2.45) is 5.10 Å². The zero-order valence-corrected chi connectivity index (χ0v) is 20.4. The van der Waals surface area contributed by atoms with Gasteiger partial charge in [-0.25, -0.2) is 5.43 Å². The molecule has 6 nitrogen and oxygen atoms in total. The molecule has 7 heteroatoms. The summed E-state index contributed by atoms with van der Waals surface area (Å²) >= 11 is 5.93. The van der Waals surface area contributed by atoms with Crippen LogP contribution in [0, 0.1) is 0 Å². The van der Waals surface area contributed by atoms with E-state index in [1.807, 2.05) is 66.7 Å². The van der Waals surface area contributed by atoms with Crippen LogP contribution in [0.3, 0.4) is 0 Å². The number of hydrogen-bond acceptors (Lipinski definition) is 5. The van der Waals surface area contributed by atoms with Crippen LogP contribution in [0.4, 0.5) is 0 Å². The van der Waals surface area contributed by atoms with Crippen molar-refractivity contribution in [2.45, 2.75) is 13.2 Å². The van der Waals surface area contributed by atoms with Gasteiger partial charge in [-0.15, -0.1) is 0 Å². The van der Waals surface area contributed by atoms with Gasteiger partial charge in [0.1, 0.15) is 19.0 Å². The van der Waals surface area contributed by atoms with Crippen LogP contribution < -0.4 is 19.6 Å². The van der Waals surface area contributed by atoms with E-state index in [0.29, 0.717) is 41.0 Å². The van der Waals surface area contributed by atoms with E-state index in [9.17, 15) is 4.79 Å². The summed E-state index contributed by atoms with van der Waals surface area (Å²) in [5.41, 5.74) is 5.69. The zero-order chi connectivity index (χ0) is 25.2. The van der Waals surface area contributed by atoms with Gasteiger partial charge in [0.2, 0.25) is 0 Å². The Morgan fingerprint density at radius 1 is 0.806 bits per heavy atom. The molecule has 1 N–H and O–H groups in total. The van der Waals surface area contributed by atoms with E-state index in [1.165, 1.54) is 6.21 Å². The van der Waals surface area contributed by atoms with Crippen molar-refractivity contribution in [3.05, 3.63) is 124 Å². The molecule has 0 saturated heterocycles. The molecular formula is C29H25ClN2O4. The van der Waals surface area contributed by atoms with Gasteiger partial charge in [-0.1, -0.05) is 66.2 Å². The van der Waals surface area contributed by atoms with Crippen molar-refractivity contribution < 1.29 is 19.0 Å². The van der Waals surface area contributed by atoms with Gasteiger partial charge in [-0.2, -0.15) is 5.10 Å². The number of carbonyl (C=O) groups excluding carboxylic acids is 1. The molecule has 0 heterocycles.